The normalized spacial score (nSPS) is 21.1. The van der Waals surface area contributed by atoms with Crippen molar-refractivity contribution in [3.05, 3.63) is 42.1 Å². The number of benzene rings is 1. The maximum absolute atomic E-state index is 5.93. The fourth-order valence-corrected chi connectivity index (χ4v) is 2.54. The third-order valence-electron chi connectivity index (χ3n) is 3.42. The molecule has 88 valence electrons. The molecule has 3 rings (SSSR count). The predicted molar refractivity (Wildman–Crippen MR) is 69.6 cm³/mol. The Hall–Kier alpha value is -1.45. The van der Waals surface area contributed by atoms with Crippen molar-refractivity contribution in [3.63, 3.8) is 0 Å². The monoisotopic (exact) mass is 227 g/mol. The second-order valence-corrected chi connectivity index (χ2v) is 4.78. The molecule has 0 spiro atoms. The second kappa shape index (κ2) is 4.43. The van der Waals surface area contributed by atoms with Gasteiger partial charge in [0, 0.05) is 37.3 Å². The molecule has 2 heterocycles. The summed E-state index contributed by atoms with van der Waals surface area (Å²) in [7, 11) is 0. The molecule has 0 radical (unpaired) electrons. The molecule has 1 aliphatic heterocycles. The van der Waals surface area contributed by atoms with E-state index in [0.717, 1.165) is 31.6 Å². The summed E-state index contributed by atoms with van der Waals surface area (Å²) in [6.07, 6.45) is 2.97. The zero-order valence-electron chi connectivity index (χ0n) is 9.84. The summed E-state index contributed by atoms with van der Waals surface area (Å²) in [4.78, 5) is 6.90. The van der Waals surface area contributed by atoms with Gasteiger partial charge in [-0.3, -0.25) is 9.88 Å². The highest BCUT2D eigenvalue weighted by Gasteiger charge is 2.19. The molecule has 0 amide bonds. The van der Waals surface area contributed by atoms with Crippen LogP contribution in [0.3, 0.4) is 0 Å². The van der Waals surface area contributed by atoms with E-state index in [2.05, 4.69) is 34.1 Å². The Morgan fingerprint density at radius 2 is 2.18 bits per heavy atom. The summed E-state index contributed by atoms with van der Waals surface area (Å²) >= 11 is 0. The molecule has 3 nitrogen and oxygen atoms in total. The van der Waals surface area contributed by atoms with Gasteiger partial charge in [-0.15, -0.1) is 0 Å². The number of nitrogens with two attached hydrogens (primary N) is 1. The van der Waals surface area contributed by atoms with Crippen LogP contribution < -0.4 is 5.73 Å². The second-order valence-electron chi connectivity index (χ2n) is 4.78. The van der Waals surface area contributed by atoms with Crippen molar-refractivity contribution in [3.8, 4) is 0 Å². The van der Waals surface area contributed by atoms with Crippen LogP contribution in [-0.2, 0) is 6.54 Å². The van der Waals surface area contributed by atoms with Gasteiger partial charge >= 0.3 is 0 Å². The lowest BCUT2D eigenvalue weighted by Crippen LogP contribution is -2.26. The van der Waals surface area contributed by atoms with E-state index in [1.807, 2.05) is 12.3 Å². The molecule has 1 saturated heterocycles. The maximum atomic E-state index is 5.93. The zero-order chi connectivity index (χ0) is 11.7. The minimum atomic E-state index is 0.345. The first-order valence-electron chi connectivity index (χ1n) is 6.13. The number of hydrogen-bond donors (Lipinski definition) is 1. The topological polar surface area (TPSA) is 42.1 Å². The summed E-state index contributed by atoms with van der Waals surface area (Å²) in [6, 6.07) is 10.8. The Kier molecular flexibility index (Phi) is 2.79. The van der Waals surface area contributed by atoms with Gasteiger partial charge in [0.05, 0.1) is 5.52 Å². The first kappa shape index (κ1) is 10.7. The van der Waals surface area contributed by atoms with Crippen LogP contribution >= 0.6 is 0 Å². The quantitative estimate of drug-likeness (QED) is 0.850. The first-order chi connectivity index (χ1) is 8.33. The lowest BCUT2D eigenvalue weighted by Gasteiger charge is -2.16. The van der Waals surface area contributed by atoms with E-state index < -0.39 is 0 Å². The molecule has 1 atom stereocenters. The van der Waals surface area contributed by atoms with Crippen LogP contribution in [0.15, 0.2) is 36.5 Å². The molecular weight excluding hydrogens is 210 g/mol. The van der Waals surface area contributed by atoms with Crippen LogP contribution in [0.1, 0.15) is 12.0 Å². The van der Waals surface area contributed by atoms with E-state index in [1.165, 1.54) is 10.9 Å². The SMILES string of the molecule is NC1CCN(Cc2cccc3cccnc23)C1. The van der Waals surface area contributed by atoms with Gasteiger partial charge in [-0.2, -0.15) is 0 Å². The van der Waals surface area contributed by atoms with E-state index >= 15 is 0 Å². The summed E-state index contributed by atoms with van der Waals surface area (Å²) in [5, 5.41) is 1.22. The highest BCUT2D eigenvalue weighted by molar-refractivity contribution is 5.81. The molecule has 2 N–H and O–H groups in total. The van der Waals surface area contributed by atoms with Gasteiger partial charge < -0.3 is 5.73 Å². The molecule has 3 heteroatoms. The predicted octanol–water partition coefficient (Wildman–Crippen LogP) is 1.77. The molecule has 1 aromatic heterocycles. The number of fused-ring (bicyclic) bond motifs is 1. The van der Waals surface area contributed by atoms with E-state index in [1.54, 1.807) is 0 Å². The average Bonchev–Trinajstić information content (AvgIpc) is 2.75. The molecule has 1 unspecified atom stereocenters. The standard InChI is InChI=1S/C14H17N3/c15-13-6-8-17(10-13)9-12-4-1-3-11-5-2-7-16-14(11)12/h1-5,7,13H,6,8-10,15H2. The van der Waals surface area contributed by atoms with Gasteiger partial charge in [0.15, 0.2) is 0 Å². The minimum Gasteiger partial charge on any atom is -0.326 e. The van der Waals surface area contributed by atoms with E-state index in [0.29, 0.717) is 6.04 Å². The molecule has 1 fully saturated rings. The number of nitrogens with zero attached hydrogens (tertiary/aromatic N) is 2. The number of rotatable bonds is 2. The summed E-state index contributed by atoms with van der Waals surface area (Å²) in [5.41, 5.74) is 8.36. The van der Waals surface area contributed by atoms with Crippen LogP contribution in [-0.4, -0.2) is 29.0 Å². The number of para-hydroxylation sites is 1. The number of likely N-dealkylation sites (tertiary alicyclic amines) is 1. The third kappa shape index (κ3) is 2.16. The Morgan fingerprint density at radius 1 is 1.29 bits per heavy atom. The van der Waals surface area contributed by atoms with Crippen molar-refractivity contribution in [2.24, 2.45) is 5.73 Å². The van der Waals surface area contributed by atoms with Crippen LogP contribution in [0.2, 0.25) is 0 Å². The van der Waals surface area contributed by atoms with Crippen molar-refractivity contribution in [2.45, 2.75) is 19.0 Å². The van der Waals surface area contributed by atoms with Crippen LogP contribution in [0.25, 0.3) is 10.9 Å². The lowest BCUT2D eigenvalue weighted by molar-refractivity contribution is 0.328. The van der Waals surface area contributed by atoms with Crippen LogP contribution in [0, 0.1) is 0 Å². The van der Waals surface area contributed by atoms with Crippen molar-refractivity contribution < 1.29 is 0 Å². The van der Waals surface area contributed by atoms with Gasteiger partial charge in [-0.1, -0.05) is 24.3 Å². The molecule has 0 aliphatic carbocycles. The van der Waals surface area contributed by atoms with Gasteiger partial charge in [-0.05, 0) is 18.1 Å². The van der Waals surface area contributed by atoms with Gasteiger partial charge in [0.25, 0.3) is 0 Å². The van der Waals surface area contributed by atoms with Crippen molar-refractivity contribution in [2.75, 3.05) is 13.1 Å². The Bertz CT molecular complexity index is 518. The number of hydrogen-bond acceptors (Lipinski definition) is 3. The summed E-state index contributed by atoms with van der Waals surface area (Å²) in [6.45, 7) is 3.07. The highest BCUT2D eigenvalue weighted by atomic mass is 15.2. The number of pyridine rings is 1. The van der Waals surface area contributed by atoms with Gasteiger partial charge in [0.2, 0.25) is 0 Å². The zero-order valence-corrected chi connectivity index (χ0v) is 9.84. The fourth-order valence-electron chi connectivity index (χ4n) is 2.54. The highest BCUT2D eigenvalue weighted by Crippen LogP contribution is 2.19. The van der Waals surface area contributed by atoms with Crippen LogP contribution in [0.4, 0.5) is 0 Å². The number of aromatic nitrogens is 1. The lowest BCUT2D eigenvalue weighted by atomic mass is 10.1. The maximum Gasteiger partial charge on any atom is 0.0746 e. The Morgan fingerprint density at radius 3 is 3.00 bits per heavy atom. The van der Waals surface area contributed by atoms with E-state index in [4.69, 9.17) is 5.73 Å². The van der Waals surface area contributed by atoms with E-state index in [-0.39, 0.29) is 0 Å². The van der Waals surface area contributed by atoms with Gasteiger partial charge in [0.1, 0.15) is 0 Å². The fraction of sp³-hybridized carbons (Fsp3) is 0.357. The summed E-state index contributed by atoms with van der Waals surface area (Å²) in [5.74, 6) is 0. The van der Waals surface area contributed by atoms with Crippen molar-refractivity contribution in [1.29, 1.82) is 0 Å². The molecule has 0 saturated carbocycles. The van der Waals surface area contributed by atoms with Crippen LogP contribution in [0.5, 0.6) is 0 Å². The van der Waals surface area contributed by atoms with E-state index in [9.17, 15) is 0 Å². The van der Waals surface area contributed by atoms with Gasteiger partial charge in [-0.25, -0.2) is 0 Å². The van der Waals surface area contributed by atoms with Crippen molar-refractivity contribution >= 4 is 10.9 Å². The molecule has 0 bridgehead atoms. The first-order valence-corrected chi connectivity index (χ1v) is 6.13. The molecule has 17 heavy (non-hydrogen) atoms. The average molecular weight is 227 g/mol. The molecule has 1 aromatic carbocycles. The minimum absolute atomic E-state index is 0.345. The molecule has 2 aromatic rings. The smallest absolute Gasteiger partial charge is 0.0746 e. The molecular formula is C14H17N3. The Balaban J connectivity index is 1.90. The third-order valence-corrected chi connectivity index (χ3v) is 3.42. The van der Waals surface area contributed by atoms with Crippen molar-refractivity contribution in [1.82, 2.24) is 9.88 Å². The summed E-state index contributed by atoms with van der Waals surface area (Å²) < 4.78 is 0. The largest absolute Gasteiger partial charge is 0.326 e. The Labute approximate surface area is 101 Å². The molecule has 1 aliphatic rings.